The van der Waals surface area contributed by atoms with Gasteiger partial charge in [-0.15, -0.1) is 5.10 Å². The molecule has 0 saturated carbocycles. The summed E-state index contributed by atoms with van der Waals surface area (Å²) in [5.41, 5.74) is 1.43. The number of nitrogens with one attached hydrogen (secondary N) is 1. The Bertz CT molecular complexity index is 968. The van der Waals surface area contributed by atoms with Crippen molar-refractivity contribution >= 4 is 33.0 Å². The zero-order valence-electron chi connectivity index (χ0n) is 11.8. The maximum Gasteiger partial charge on any atom is 0.299 e. The Morgan fingerprint density at radius 2 is 1.91 bits per heavy atom. The molecular formula is C13H12ClN5O2S. The molecule has 0 fully saturated rings. The molecule has 3 aromatic rings. The molecule has 114 valence electrons. The van der Waals surface area contributed by atoms with E-state index in [0.717, 1.165) is 5.69 Å². The zero-order chi connectivity index (χ0) is 15.9. The van der Waals surface area contributed by atoms with E-state index in [4.69, 9.17) is 11.6 Å². The Balaban J connectivity index is 2.06. The topological polar surface area (TPSA) is 89.2 Å². The molecule has 1 N–H and O–H groups in total. The zero-order valence-corrected chi connectivity index (χ0v) is 13.4. The van der Waals surface area contributed by atoms with Crippen molar-refractivity contribution in [2.24, 2.45) is 0 Å². The molecule has 2 aromatic heterocycles. The Morgan fingerprint density at radius 1 is 1.18 bits per heavy atom. The Kier molecular flexibility index (Phi) is 3.50. The van der Waals surface area contributed by atoms with Gasteiger partial charge in [-0.3, -0.25) is 4.72 Å². The van der Waals surface area contributed by atoms with E-state index in [-0.39, 0.29) is 10.8 Å². The summed E-state index contributed by atoms with van der Waals surface area (Å²) in [7, 11) is -3.93. The summed E-state index contributed by atoms with van der Waals surface area (Å²) < 4.78 is 28.5. The largest absolute Gasteiger partial charge is 0.299 e. The quantitative estimate of drug-likeness (QED) is 0.791. The number of nitrogens with zero attached hydrogens (tertiary/aromatic N) is 4. The van der Waals surface area contributed by atoms with Crippen LogP contribution in [0.5, 0.6) is 0 Å². The van der Waals surface area contributed by atoms with E-state index in [1.807, 2.05) is 0 Å². The second kappa shape index (κ2) is 5.22. The minimum Gasteiger partial charge on any atom is -0.275 e. The summed E-state index contributed by atoms with van der Waals surface area (Å²) in [6.07, 6.45) is 0. The van der Waals surface area contributed by atoms with Crippen molar-refractivity contribution in [3.8, 4) is 0 Å². The van der Waals surface area contributed by atoms with Crippen LogP contribution in [-0.2, 0) is 10.0 Å². The molecule has 7 nitrogen and oxygen atoms in total. The third-order valence-corrected chi connectivity index (χ3v) is 4.43. The molecule has 0 amide bonds. The predicted octanol–water partition coefficient (Wildman–Crippen LogP) is 2.20. The molecule has 0 aliphatic carbocycles. The van der Waals surface area contributed by atoms with E-state index in [1.165, 1.54) is 4.52 Å². The number of rotatable bonds is 3. The number of hydrogen-bond acceptors (Lipinski definition) is 5. The van der Waals surface area contributed by atoms with Gasteiger partial charge < -0.3 is 0 Å². The van der Waals surface area contributed by atoms with E-state index >= 15 is 0 Å². The maximum atomic E-state index is 12.4. The van der Waals surface area contributed by atoms with Gasteiger partial charge in [-0.05, 0) is 26.0 Å². The molecule has 3 rings (SSSR count). The Labute approximate surface area is 132 Å². The van der Waals surface area contributed by atoms with Gasteiger partial charge in [0, 0.05) is 11.8 Å². The van der Waals surface area contributed by atoms with Crippen molar-refractivity contribution in [1.82, 2.24) is 19.6 Å². The first-order chi connectivity index (χ1) is 10.4. The molecule has 22 heavy (non-hydrogen) atoms. The van der Waals surface area contributed by atoms with Crippen LogP contribution in [0.25, 0.3) is 5.65 Å². The molecule has 1 aromatic carbocycles. The first-order valence-corrected chi connectivity index (χ1v) is 8.21. The van der Waals surface area contributed by atoms with E-state index in [0.29, 0.717) is 16.5 Å². The van der Waals surface area contributed by atoms with Crippen LogP contribution in [0.4, 0.5) is 5.69 Å². The standard InChI is InChI=1S/C13H12ClN5O2S/c1-8-7-12-16-13(17-19(12)9(2)15-8)22(20,21)18-11-6-4-3-5-10(11)14/h3-7,18H,1-2H3. The lowest BCUT2D eigenvalue weighted by Gasteiger charge is -2.06. The Hall–Kier alpha value is -2.19. The molecule has 0 atom stereocenters. The fourth-order valence-corrected chi connectivity index (χ4v) is 3.21. The van der Waals surface area contributed by atoms with Gasteiger partial charge in [0.2, 0.25) is 0 Å². The number of fused-ring (bicyclic) bond motifs is 1. The van der Waals surface area contributed by atoms with E-state index in [9.17, 15) is 8.42 Å². The first kappa shape index (κ1) is 14.7. The van der Waals surface area contributed by atoms with Crippen molar-refractivity contribution in [3.63, 3.8) is 0 Å². The molecule has 0 radical (unpaired) electrons. The molecule has 9 heteroatoms. The van der Waals surface area contributed by atoms with Crippen LogP contribution in [0.2, 0.25) is 5.02 Å². The highest BCUT2D eigenvalue weighted by Gasteiger charge is 2.22. The van der Waals surface area contributed by atoms with Gasteiger partial charge in [-0.25, -0.2) is 4.98 Å². The maximum absolute atomic E-state index is 12.4. The second-order valence-electron chi connectivity index (χ2n) is 4.69. The van der Waals surface area contributed by atoms with Crippen LogP contribution in [0, 0.1) is 13.8 Å². The predicted molar refractivity (Wildman–Crippen MR) is 82.5 cm³/mol. The van der Waals surface area contributed by atoms with Crippen LogP contribution in [0.3, 0.4) is 0 Å². The number of sulfonamides is 1. The minimum atomic E-state index is -3.93. The number of halogens is 1. The lowest BCUT2D eigenvalue weighted by atomic mass is 10.3. The van der Waals surface area contributed by atoms with Crippen molar-refractivity contribution in [2.45, 2.75) is 19.0 Å². The van der Waals surface area contributed by atoms with E-state index in [2.05, 4.69) is 19.8 Å². The summed E-state index contributed by atoms with van der Waals surface area (Å²) >= 11 is 5.96. The summed E-state index contributed by atoms with van der Waals surface area (Å²) in [6.45, 7) is 3.53. The average molecular weight is 338 g/mol. The third kappa shape index (κ3) is 2.62. The van der Waals surface area contributed by atoms with Crippen molar-refractivity contribution in [1.29, 1.82) is 0 Å². The number of hydrogen-bond donors (Lipinski definition) is 1. The highest BCUT2D eigenvalue weighted by molar-refractivity contribution is 7.92. The first-order valence-electron chi connectivity index (χ1n) is 6.35. The van der Waals surface area contributed by atoms with Crippen LogP contribution >= 0.6 is 11.6 Å². The number of para-hydroxylation sites is 1. The van der Waals surface area contributed by atoms with Gasteiger partial charge in [0.05, 0.1) is 10.7 Å². The fourth-order valence-electron chi connectivity index (χ4n) is 2.01. The molecular weight excluding hydrogens is 326 g/mol. The van der Waals surface area contributed by atoms with Crippen LogP contribution in [-0.4, -0.2) is 28.0 Å². The number of aryl methyl sites for hydroxylation is 2. The smallest absolute Gasteiger partial charge is 0.275 e. The highest BCUT2D eigenvalue weighted by Crippen LogP contribution is 2.23. The molecule has 0 bridgehead atoms. The second-order valence-corrected chi connectivity index (χ2v) is 6.68. The van der Waals surface area contributed by atoms with E-state index in [1.54, 1.807) is 44.2 Å². The number of benzene rings is 1. The molecule has 0 unspecified atom stereocenters. The minimum absolute atomic E-state index is 0.272. The lowest BCUT2D eigenvalue weighted by Crippen LogP contribution is -2.15. The molecule has 2 heterocycles. The number of anilines is 1. The molecule has 0 spiro atoms. The molecule has 0 saturated heterocycles. The van der Waals surface area contributed by atoms with Gasteiger partial charge in [0.1, 0.15) is 5.82 Å². The normalized spacial score (nSPS) is 11.8. The summed E-state index contributed by atoms with van der Waals surface area (Å²) in [5, 5.41) is 3.96. The Morgan fingerprint density at radius 3 is 2.64 bits per heavy atom. The van der Waals surface area contributed by atoms with Gasteiger partial charge in [-0.1, -0.05) is 23.7 Å². The SMILES string of the molecule is Cc1cc2nc(S(=O)(=O)Nc3ccccc3Cl)nn2c(C)n1. The molecule has 0 aliphatic heterocycles. The van der Waals surface area contributed by atoms with Gasteiger partial charge >= 0.3 is 0 Å². The van der Waals surface area contributed by atoms with Crippen molar-refractivity contribution in [2.75, 3.05) is 4.72 Å². The third-order valence-electron chi connectivity index (χ3n) is 2.95. The fraction of sp³-hybridized carbons (Fsp3) is 0.154. The molecule has 0 aliphatic rings. The van der Waals surface area contributed by atoms with Crippen LogP contribution < -0.4 is 4.72 Å². The van der Waals surface area contributed by atoms with Crippen molar-refractivity contribution in [3.05, 3.63) is 46.9 Å². The average Bonchev–Trinajstić information content (AvgIpc) is 2.86. The van der Waals surface area contributed by atoms with E-state index < -0.39 is 10.0 Å². The van der Waals surface area contributed by atoms with Gasteiger partial charge in [-0.2, -0.15) is 17.9 Å². The van der Waals surface area contributed by atoms with Gasteiger partial charge in [0.15, 0.2) is 5.65 Å². The number of aromatic nitrogens is 4. The van der Waals surface area contributed by atoms with Gasteiger partial charge in [0.25, 0.3) is 15.2 Å². The van der Waals surface area contributed by atoms with Crippen LogP contribution in [0.1, 0.15) is 11.5 Å². The highest BCUT2D eigenvalue weighted by atomic mass is 35.5. The van der Waals surface area contributed by atoms with Crippen LogP contribution in [0.15, 0.2) is 35.5 Å². The lowest BCUT2D eigenvalue weighted by molar-refractivity contribution is 0.591. The summed E-state index contributed by atoms with van der Waals surface area (Å²) in [5.74, 6) is 0.557. The monoisotopic (exact) mass is 337 g/mol. The summed E-state index contributed by atoms with van der Waals surface area (Å²) in [6, 6.07) is 8.20. The summed E-state index contributed by atoms with van der Waals surface area (Å²) in [4.78, 5) is 8.27. The van der Waals surface area contributed by atoms with Crippen molar-refractivity contribution < 1.29 is 8.42 Å².